The zero-order valence-electron chi connectivity index (χ0n) is 28.7. The topological polar surface area (TPSA) is 101 Å². The third-order valence-corrected chi connectivity index (χ3v) is 13.2. The molecule has 4 aromatic rings. The molecule has 0 aliphatic carbocycles. The molecule has 0 amide bonds. The van der Waals surface area contributed by atoms with Gasteiger partial charge in [0, 0.05) is 31.4 Å². The monoisotopic (exact) mass is 670 g/mol. The summed E-state index contributed by atoms with van der Waals surface area (Å²) in [4.78, 5) is 23.8. The number of aliphatic hydroxyl groups excluding tert-OH is 1. The van der Waals surface area contributed by atoms with Gasteiger partial charge in [-0.1, -0.05) is 112 Å². The van der Waals surface area contributed by atoms with Crippen LogP contribution in [0.3, 0.4) is 0 Å². The van der Waals surface area contributed by atoms with Crippen molar-refractivity contribution in [3.63, 3.8) is 0 Å². The second-order valence-corrected chi connectivity index (χ2v) is 17.0. The van der Waals surface area contributed by atoms with E-state index in [0.717, 1.165) is 15.9 Å². The first-order valence-corrected chi connectivity index (χ1v) is 17.9. The predicted octanol–water partition coefficient (Wildman–Crippen LogP) is 5.88. The summed E-state index contributed by atoms with van der Waals surface area (Å²) in [7, 11) is -1.41. The van der Waals surface area contributed by atoms with Gasteiger partial charge in [-0.05, 0) is 32.6 Å². The van der Waals surface area contributed by atoms with Crippen LogP contribution in [0.2, 0.25) is 5.04 Å². The minimum atomic E-state index is -2.91. The van der Waals surface area contributed by atoms with Crippen LogP contribution in [0.5, 0.6) is 11.5 Å². The molecule has 0 heterocycles. The number of rotatable bonds is 15. The molecule has 0 aliphatic heterocycles. The van der Waals surface area contributed by atoms with Gasteiger partial charge in [0.1, 0.15) is 19.8 Å². The molecular formula is C39H46O8Si. The fraction of sp³-hybridized carbons (Fsp3) is 0.333. The number of carbonyl (C=O) groups excluding carboxylic acids is 2. The number of hydrogen-bond donors (Lipinski definition) is 1. The third kappa shape index (κ3) is 8.92. The first kappa shape index (κ1) is 36.4. The van der Waals surface area contributed by atoms with Crippen LogP contribution in [-0.2, 0) is 49.7 Å². The summed E-state index contributed by atoms with van der Waals surface area (Å²) in [6.07, 6.45) is -0.790. The first-order valence-electron chi connectivity index (χ1n) is 16.0. The molecule has 4 rings (SSSR count). The Morgan fingerprint density at radius 1 is 0.729 bits per heavy atom. The second-order valence-electron chi connectivity index (χ2n) is 12.7. The quantitative estimate of drug-likeness (QED) is 0.124. The first-order chi connectivity index (χ1) is 23.0. The van der Waals surface area contributed by atoms with E-state index in [4.69, 9.17) is 23.4 Å². The van der Waals surface area contributed by atoms with E-state index in [1.807, 2.05) is 72.8 Å². The van der Waals surface area contributed by atoms with E-state index >= 15 is 0 Å². The average Bonchev–Trinajstić information content (AvgIpc) is 3.06. The smallest absolute Gasteiger partial charge is 0.302 e. The molecule has 48 heavy (non-hydrogen) atoms. The molecule has 1 atom stereocenters. The van der Waals surface area contributed by atoms with E-state index in [-0.39, 0.29) is 37.9 Å². The highest BCUT2D eigenvalue weighted by molar-refractivity contribution is 6.99. The molecule has 0 bridgehead atoms. The lowest BCUT2D eigenvalue weighted by molar-refractivity contribution is -0.143. The van der Waals surface area contributed by atoms with E-state index in [0.29, 0.717) is 28.2 Å². The highest BCUT2D eigenvalue weighted by atomic mass is 28.4. The summed E-state index contributed by atoms with van der Waals surface area (Å²) < 4.78 is 30.0. The number of aliphatic hydroxyl groups is 1. The van der Waals surface area contributed by atoms with Crippen molar-refractivity contribution in [2.45, 2.75) is 72.0 Å². The predicted molar refractivity (Wildman–Crippen MR) is 188 cm³/mol. The van der Waals surface area contributed by atoms with Crippen molar-refractivity contribution < 1.29 is 38.1 Å². The van der Waals surface area contributed by atoms with Crippen LogP contribution in [0.15, 0.2) is 97.1 Å². The summed E-state index contributed by atoms with van der Waals surface area (Å²) in [6, 6.07) is 31.9. The van der Waals surface area contributed by atoms with Crippen molar-refractivity contribution in [1.82, 2.24) is 0 Å². The molecule has 0 spiro atoms. The number of benzene rings is 4. The minimum Gasteiger partial charge on any atom is -0.492 e. The van der Waals surface area contributed by atoms with Crippen LogP contribution >= 0.6 is 0 Å². The van der Waals surface area contributed by atoms with E-state index < -0.39 is 26.4 Å². The lowest BCUT2D eigenvalue weighted by Crippen LogP contribution is -2.67. The van der Waals surface area contributed by atoms with E-state index in [1.165, 1.54) is 21.0 Å². The Morgan fingerprint density at radius 2 is 1.25 bits per heavy atom. The van der Waals surface area contributed by atoms with Gasteiger partial charge < -0.3 is 28.5 Å². The number of hydrogen-bond acceptors (Lipinski definition) is 8. The highest BCUT2D eigenvalue weighted by Crippen LogP contribution is 2.40. The molecule has 1 unspecified atom stereocenters. The Labute approximate surface area is 284 Å². The van der Waals surface area contributed by atoms with Crippen LogP contribution in [0.1, 0.15) is 56.9 Å². The Morgan fingerprint density at radius 3 is 1.75 bits per heavy atom. The van der Waals surface area contributed by atoms with Crippen LogP contribution < -0.4 is 19.8 Å². The van der Waals surface area contributed by atoms with Gasteiger partial charge in [0.15, 0.2) is 11.5 Å². The second kappa shape index (κ2) is 16.6. The van der Waals surface area contributed by atoms with Crippen LogP contribution in [0, 0.1) is 0 Å². The van der Waals surface area contributed by atoms with Crippen molar-refractivity contribution in [3.05, 3.63) is 119 Å². The fourth-order valence-corrected chi connectivity index (χ4v) is 10.6. The van der Waals surface area contributed by atoms with E-state index in [2.05, 4.69) is 45.0 Å². The number of methoxy groups -OCH3 is 1. The summed E-state index contributed by atoms with van der Waals surface area (Å²) >= 11 is 0. The Hall–Kier alpha value is -4.44. The number of esters is 2. The van der Waals surface area contributed by atoms with Crippen molar-refractivity contribution in [2.24, 2.45) is 0 Å². The fourth-order valence-electron chi connectivity index (χ4n) is 5.99. The summed E-state index contributed by atoms with van der Waals surface area (Å²) in [5.41, 5.74) is 2.69. The van der Waals surface area contributed by atoms with Crippen molar-refractivity contribution in [3.8, 4) is 11.5 Å². The van der Waals surface area contributed by atoms with Gasteiger partial charge in [0.25, 0.3) is 8.32 Å². The minimum absolute atomic E-state index is 0.0497. The molecule has 4 aromatic carbocycles. The van der Waals surface area contributed by atoms with Gasteiger partial charge >= 0.3 is 11.9 Å². The molecule has 0 radical (unpaired) electrons. The Balaban J connectivity index is 1.73. The molecular weight excluding hydrogens is 625 g/mol. The average molecular weight is 671 g/mol. The third-order valence-electron chi connectivity index (χ3n) is 8.15. The standard InChI is InChI=1S/C39H46O8Si/c1-28(40)44-25-32-22-31(36(27-45-29(2)41)38(43-6)37(32)46-24-30-16-10-7-11-17-30)23-33(42)26-47-48(39(3,4)5,34-18-12-8-13-19-34)35-20-14-9-15-21-35/h7-22,33,42H,23-27H2,1-6H3. The maximum Gasteiger partial charge on any atom is 0.302 e. The molecule has 8 nitrogen and oxygen atoms in total. The molecule has 254 valence electrons. The summed E-state index contributed by atoms with van der Waals surface area (Å²) in [5, 5.41) is 13.6. The van der Waals surface area contributed by atoms with Crippen LogP contribution in [-0.4, -0.2) is 45.2 Å². The molecule has 0 fully saturated rings. The van der Waals surface area contributed by atoms with E-state index in [9.17, 15) is 14.7 Å². The van der Waals surface area contributed by atoms with Gasteiger partial charge in [-0.3, -0.25) is 9.59 Å². The van der Waals surface area contributed by atoms with E-state index in [1.54, 1.807) is 0 Å². The maximum atomic E-state index is 11.9. The molecule has 1 N–H and O–H groups in total. The van der Waals surface area contributed by atoms with Gasteiger partial charge in [-0.15, -0.1) is 0 Å². The molecule has 0 aromatic heterocycles. The van der Waals surface area contributed by atoms with Gasteiger partial charge in [0.05, 0.1) is 19.8 Å². The van der Waals surface area contributed by atoms with Crippen molar-refractivity contribution in [2.75, 3.05) is 13.7 Å². The molecule has 9 heteroatoms. The van der Waals surface area contributed by atoms with Gasteiger partial charge in [0.2, 0.25) is 0 Å². The molecule has 0 saturated heterocycles. The largest absolute Gasteiger partial charge is 0.492 e. The zero-order chi connectivity index (χ0) is 34.7. The summed E-state index contributed by atoms with van der Waals surface area (Å²) in [5.74, 6) is -0.208. The number of carbonyl (C=O) groups is 2. The lowest BCUT2D eigenvalue weighted by Gasteiger charge is -2.43. The normalized spacial score (nSPS) is 12.2. The van der Waals surface area contributed by atoms with Crippen molar-refractivity contribution in [1.29, 1.82) is 0 Å². The van der Waals surface area contributed by atoms with Crippen LogP contribution in [0.25, 0.3) is 0 Å². The molecule has 0 saturated carbocycles. The molecule has 0 aliphatic rings. The maximum absolute atomic E-state index is 11.9. The highest BCUT2D eigenvalue weighted by Gasteiger charge is 2.50. The van der Waals surface area contributed by atoms with Gasteiger partial charge in [-0.25, -0.2) is 0 Å². The Kier molecular flexibility index (Phi) is 12.6. The summed E-state index contributed by atoms with van der Waals surface area (Å²) in [6.45, 7) is 9.32. The SMILES string of the molecule is COc1c(COC(C)=O)c(CC(O)CO[Si](c2ccccc2)(c2ccccc2)C(C)(C)C)cc(COC(C)=O)c1OCc1ccccc1. The zero-order valence-corrected chi connectivity index (χ0v) is 29.7. The van der Waals surface area contributed by atoms with Gasteiger partial charge in [-0.2, -0.15) is 0 Å². The lowest BCUT2D eigenvalue weighted by atomic mass is 9.97. The number of ether oxygens (including phenoxy) is 4. The Bertz CT molecular complexity index is 1600. The van der Waals surface area contributed by atoms with Crippen molar-refractivity contribution >= 4 is 30.6 Å². The van der Waals surface area contributed by atoms with Crippen LogP contribution in [0.4, 0.5) is 0 Å².